The number of aromatic nitrogens is 2. The van der Waals surface area contributed by atoms with Crippen molar-refractivity contribution in [1.82, 2.24) is 9.97 Å². The Morgan fingerprint density at radius 3 is 2.63 bits per heavy atom. The quantitative estimate of drug-likeness (QED) is 0.493. The Morgan fingerprint density at radius 2 is 1.90 bits per heavy atom. The van der Waals surface area contributed by atoms with E-state index in [1.165, 1.54) is 4.88 Å². The summed E-state index contributed by atoms with van der Waals surface area (Å²) in [5, 5.41) is 16.3. The molecule has 30 heavy (non-hydrogen) atoms. The fraction of sp³-hybridized carbons (Fsp3) is 0.273. The van der Waals surface area contributed by atoms with E-state index in [9.17, 15) is 5.11 Å². The van der Waals surface area contributed by atoms with Crippen LogP contribution in [-0.2, 0) is 6.54 Å². The number of rotatable bonds is 4. The van der Waals surface area contributed by atoms with Crippen molar-refractivity contribution in [2.45, 2.75) is 19.6 Å². The van der Waals surface area contributed by atoms with E-state index in [1.54, 1.807) is 36.9 Å². The van der Waals surface area contributed by atoms with Crippen molar-refractivity contribution in [2.75, 3.05) is 25.7 Å². The summed E-state index contributed by atoms with van der Waals surface area (Å²) in [7, 11) is 3.27. The molecule has 0 unspecified atom stereocenters. The predicted molar refractivity (Wildman–Crippen MR) is 121 cm³/mol. The number of benzene rings is 1. The highest BCUT2D eigenvalue weighted by Gasteiger charge is 2.32. The Hall–Kier alpha value is -2.68. The fourth-order valence-corrected chi connectivity index (χ4v) is 5.91. The summed E-state index contributed by atoms with van der Waals surface area (Å²) in [6.07, 6.45) is -0.715. The second kappa shape index (κ2) is 7.54. The van der Waals surface area contributed by atoms with E-state index >= 15 is 0 Å². The van der Waals surface area contributed by atoms with Crippen LogP contribution in [0.2, 0.25) is 0 Å². The van der Waals surface area contributed by atoms with E-state index in [0.717, 1.165) is 44.3 Å². The molecule has 6 nitrogen and oxygen atoms in total. The van der Waals surface area contributed by atoms with Gasteiger partial charge in [0, 0.05) is 33.5 Å². The lowest BCUT2D eigenvalue weighted by atomic mass is 9.95. The molecular weight excluding hydrogens is 418 g/mol. The van der Waals surface area contributed by atoms with Gasteiger partial charge in [0.25, 0.3) is 0 Å². The number of β-amino-alcohol motifs (C(OH)–C–C–N with tert-alkyl or cyclic N) is 1. The maximum atomic E-state index is 11.1. The highest BCUT2D eigenvalue weighted by molar-refractivity contribution is 7.18. The first kappa shape index (κ1) is 19.3. The van der Waals surface area contributed by atoms with Gasteiger partial charge < -0.3 is 19.5 Å². The highest BCUT2D eigenvalue weighted by atomic mass is 32.1. The van der Waals surface area contributed by atoms with Gasteiger partial charge in [-0.05, 0) is 30.5 Å². The first-order chi connectivity index (χ1) is 14.6. The number of nitrogens with zero attached hydrogens (tertiary/aromatic N) is 3. The number of fused-ring (bicyclic) bond motifs is 2. The highest BCUT2D eigenvalue weighted by Crippen LogP contribution is 2.44. The summed E-state index contributed by atoms with van der Waals surface area (Å²) in [5.41, 5.74) is 2.85. The maximum Gasteiger partial charge on any atom is 0.142 e. The number of hydrogen-bond acceptors (Lipinski definition) is 8. The van der Waals surface area contributed by atoms with Gasteiger partial charge in [-0.25, -0.2) is 9.97 Å². The molecule has 0 radical (unpaired) electrons. The third-order valence-corrected chi connectivity index (χ3v) is 7.18. The van der Waals surface area contributed by atoms with Gasteiger partial charge >= 0.3 is 0 Å². The second-order valence-corrected chi connectivity index (χ2v) is 8.97. The molecule has 154 valence electrons. The number of aliphatic hydroxyl groups excluding tert-OH is 1. The van der Waals surface area contributed by atoms with Crippen molar-refractivity contribution in [3.8, 4) is 21.9 Å². The molecule has 0 fully saturated rings. The van der Waals surface area contributed by atoms with Gasteiger partial charge in [0.15, 0.2) is 0 Å². The molecule has 1 atom stereocenters. The lowest BCUT2D eigenvalue weighted by molar-refractivity contribution is 0.169. The number of anilines is 1. The van der Waals surface area contributed by atoms with Crippen molar-refractivity contribution in [3.63, 3.8) is 0 Å². The average molecular weight is 440 g/mol. The molecule has 4 aromatic rings. The minimum absolute atomic E-state index is 0.418. The zero-order valence-electron chi connectivity index (χ0n) is 16.9. The van der Waals surface area contributed by atoms with Crippen LogP contribution in [0.25, 0.3) is 20.7 Å². The van der Waals surface area contributed by atoms with Crippen molar-refractivity contribution in [3.05, 3.63) is 52.0 Å². The first-order valence-corrected chi connectivity index (χ1v) is 11.3. The summed E-state index contributed by atoms with van der Waals surface area (Å²) in [6.45, 7) is 2.89. The topological polar surface area (TPSA) is 67.7 Å². The molecule has 0 saturated heterocycles. The number of methoxy groups -OCH3 is 2. The SMILES string of the molecule is COc1ccc(OC)c2c1CN(c1nc(C)nc3scc(-c4cccs4)c13)C[C@H]2O. The van der Waals surface area contributed by atoms with E-state index in [2.05, 4.69) is 32.8 Å². The molecule has 1 N–H and O–H groups in total. The van der Waals surface area contributed by atoms with Crippen molar-refractivity contribution in [2.24, 2.45) is 0 Å². The van der Waals surface area contributed by atoms with E-state index in [4.69, 9.17) is 14.5 Å². The third-order valence-electron chi connectivity index (χ3n) is 5.40. The number of thiophene rings is 2. The molecule has 0 amide bonds. The Kier molecular flexibility index (Phi) is 4.85. The number of aryl methyl sites for hydroxylation is 1. The second-order valence-electron chi connectivity index (χ2n) is 7.16. The minimum atomic E-state index is -0.715. The first-order valence-electron chi connectivity index (χ1n) is 9.57. The van der Waals surface area contributed by atoms with E-state index in [-0.39, 0.29) is 0 Å². The van der Waals surface area contributed by atoms with Crippen LogP contribution >= 0.6 is 22.7 Å². The van der Waals surface area contributed by atoms with Gasteiger partial charge in [-0.2, -0.15) is 0 Å². The lowest BCUT2D eigenvalue weighted by Crippen LogP contribution is -2.35. The van der Waals surface area contributed by atoms with Crippen molar-refractivity contribution >= 4 is 38.7 Å². The zero-order chi connectivity index (χ0) is 20.8. The van der Waals surface area contributed by atoms with Crippen LogP contribution < -0.4 is 14.4 Å². The molecule has 5 rings (SSSR count). The smallest absolute Gasteiger partial charge is 0.142 e. The van der Waals surface area contributed by atoms with E-state index < -0.39 is 6.10 Å². The summed E-state index contributed by atoms with van der Waals surface area (Å²) in [4.78, 5) is 13.7. The molecule has 1 aliphatic heterocycles. The number of ether oxygens (including phenoxy) is 2. The van der Waals surface area contributed by atoms with Crippen molar-refractivity contribution < 1.29 is 14.6 Å². The number of aliphatic hydroxyl groups is 1. The average Bonchev–Trinajstić information content (AvgIpc) is 3.41. The summed E-state index contributed by atoms with van der Waals surface area (Å²) in [6, 6.07) is 7.90. The van der Waals surface area contributed by atoms with Crippen LogP contribution in [0.1, 0.15) is 23.1 Å². The number of hydrogen-bond donors (Lipinski definition) is 1. The van der Waals surface area contributed by atoms with E-state index in [0.29, 0.717) is 18.8 Å². The minimum Gasteiger partial charge on any atom is -0.496 e. The van der Waals surface area contributed by atoms with Gasteiger partial charge in [0.1, 0.15) is 34.1 Å². The van der Waals surface area contributed by atoms with Crippen LogP contribution in [0.4, 0.5) is 5.82 Å². The largest absolute Gasteiger partial charge is 0.496 e. The maximum absolute atomic E-state index is 11.1. The zero-order valence-corrected chi connectivity index (χ0v) is 18.5. The van der Waals surface area contributed by atoms with Crippen LogP contribution in [-0.4, -0.2) is 35.8 Å². The normalized spacial score (nSPS) is 16.0. The summed E-state index contributed by atoms with van der Waals surface area (Å²) in [5.74, 6) is 2.98. The molecule has 0 spiro atoms. The molecule has 8 heteroatoms. The molecular formula is C22H21N3O3S2. The van der Waals surface area contributed by atoms with Gasteiger partial charge in [-0.3, -0.25) is 0 Å². The predicted octanol–water partition coefficient (Wildman–Crippen LogP) is 4.80. The van der Waals surface area contributed by atoms with Gasteiger partial charge in [0.2, 0.25) is 0 Å². The molecule has 3 aromatic heterocycles. The van der Waals surface area contributed by atoms with Crippen molar-refractivity contribution in [1.29, 1.82) is 0 Å². The Bertz CT molecular complexity index is 1220. The molecule has 1 aliphatic rings. The third kappa shape index (κ3) is 3.03. The summed E-state index contributed by atoms with van der Waals surface area (Å²) < 4.78 is 11.1. The molecule has 0 aliphatic carbocycles. The summed E-state index contributed by atoms with van der Waals surface area (Å²) >= 11 is 3.33. The molecule has 0 bridgehead atoms. The van der Waals surface area contributed by atoms with Crippen LogP contribution in [0, 0.1) is 6.92 Å². The molecule has 4 heterocycles. The van der Waals surface area contributed by atoms with Crippen LogP contribution in [0.5, 0.6) is 11.5 Å². The van der Waals surface area contributed by atoms with Gasteiger partial charge in [-0.15, -0.1) is 22.7 Å². The Labute approximate surface area is 182 Å². The van der Waals surface area contributed by atoms with Crippen LogP contribution in [0.3, 0.4) is 0 Å². The standard InChI is InChI=1S/C22H21N3O3S2/c1-12-23-21(20-14(11-30-22(20)24-12)18-5-4-8-29-18)25-9-13-16(27-2)6-7-17(28-3)19(13)15(26)10-25/h4-8,11,15,26H,9-10H2,1-3H3/t15-/m1/s1. The molecule has 1 aromatic carbocycles. The Morgan fingerprint density at radius 1 is 1.10 bits per heavy atom. The monoisotopic (exact) mass is 439 g/mol. The van der Waals surface area contributed by atoms with Gasteiger partial charge in [0.05, 0.1) is 26.2 Å². The van der Waals surface area contributed by atoms with E-state index in [1.807, 2.05) is 19.1 Å². The fourth-order valence-electron chi connectivity index (χ4n) is 4.11. The van der Waals surface area contributed by atoms with Crippen LogP contribution in [0.15, 0.2) is 35.0 Å². The lowest BCUT2D eigenvalue weighted by Gasteiger charge is -2.35. The molecule has 0 saturated carbocycles. The Balaban J connectivity index is 1.68. The van der Waals surface area contributed by atoms with Gasteiger partial charge in [-0.1, -0.05) is 6.07 Å².